The van der Waals surface area contributed by atoms with Crippen molar-refractivity contribution in [2.45, 2.75) is 0 Å². The van der Waals surface area contributed by atoms with Crippen molar-refractivity contribution in [2.75, 3.05) is 0 Å². The minimum absolute atomic E-state index is 0.193. The average Bonchev–Trinajstić information content (AvgIpc) is 2.28. The number of amides is 1. The first-order valence-electron chi connectivity index (χ1n) is 5.09. The van der Waals surface area contributed by atoms with Crippen LogP contribution in [0.15, 0.2) is 42.5 Å². The van der Waals surface area contributed by atoms with Gasteiger partial charge in [0.25, 0.3) is 5.91 Å². The first-order chi connectivity index (χ1) is 8.58. The van der Waals surface area contributed by atoms with Crippen molar-refractivity contribution in [1.82, 2.24) is 0 Å². The molecular weight excluding hydrogens is 365 g/mol. The van der Waals surface area contributed by atoms with E-state index in [4.69, 9.17) is 22.1 Å². The second-order valence-electron chi connectivity index (χ2n) is 3.54. The van der Waals surface area contributed by atoms with Crippen LogP contribution in [0.5, 0.6) is 11.5 Å². The van der Waals surface area contributed by atoms with Gasteiger partial charge in [-0.2, -0.15) is 0 Å². The zero-order valence-electron chi connectivity index (χ0n) is 9.19. The number of carbonyl (C=O) groups is 1. The van der Waals surface area contributed by atoms with Crippen LogP contribution in [0.4, 0.5) is 0 Å². The van der Waals surface area contributed by atoms with Gasteiger partial charge in [0, 0.05) is 3.57 Å². The van der Waals surface area contributed by atoms with E-state index in [1.54, 1.807) is 24.3 Å². The summed E-state index contributed by atoms with van der Waals surface area (Å²) in [6.07, 6.45) is 0. The molecule has 0 aromatic heterocycles. The smallest absolute Gasteiger partial charge is 0.254 e. The molecule has 0 atom stereocenters. The summed E-state index contributed by atoms with van der Waals surface area (Å²) in [5.74, 6) is 0.380. The average molecular weight is 374 g/mol. The molecule has 92 valence electrons. The van der Waals surface area contributed by atoms with Gasteiger partial charge in [-0.1, -0.05) is 23.7 Å². The van der Waals surface area contributed by atoms with E-state index in [2.05, 4.69) is 22.6 Å². The molecule has 5 heteroatoms. The van der Waals surface area contributed by atoms with E-state index in [1.807, 2.05) is 18.2 Å². The third kappa shape index (κ3) is 2.94. The molecule has 18 heavy (non-hydrogen) atoms. The van der Waals surface area contributed by atoms with Crippen LogP contribution in [0.3, 0.4) is 0 Å². The summed E-state index contributed by atoms with van der Waals surface area (Å²) in [4.78, 5) is 11.4. The number of primary amides is 1. The Morgan fingerprint density at radius 2 is 1.94 bits per heavy atom. The fourth-order valence-corrected chi connectivity index (χ4v) is 2.26. The van der Waals surface area contributed by atoms with Crippen LogP contribution in [0, 0.1) is 3.57 Å². The normalized spacial score (nSPS) is 10.1. The Hall–Kier alpha value is -1.27. The summed E-state index contributed by atoms with van der Waals surface area (Å²) in [6.45, 7) is 0. The lowest BCUT2D eigenvalue weighted by Crippen LogP contribution is -2.12. The number of halogens is 2. The standard InChI is InChI=1S/C13H9ClINO2/c14-10-5-2-6-11(12(10)13(16)17)18-9-4-1-3-8(15)7-9/h1-7H,(H2,16,17). The first kappa shape index (κ1) is 13.2. The van der Waals surface area contributed by atoms with Gasteiger partial charge in [0.1, 0.15) is 17.1 Å². The Kier molecular flexibility index (Phi) is 4.08. The molecule has 0 heterocycles. The number of rotatable bonds is 3. The van der Waals surface area contributed by atoms with Crippen molar-refractivity contribution < 1.29 is 9.53 Å². The molecule has 0 spiro atoms. The summed E-state index contributed by atoms with van der Waals surface area (Å²) < 4.78 is 6.68. The van der Waals surface area contributed by atoms with Gasteiger partial charge < -0.3 is 10.5 Å². The predicted octanol–water partition coefficient (Wildman–Crippen LogP) is 3.84. The molecule has 0 aliphatic carbocycles. The van der Waals surface area contributed by atoms with Crippen molar-refractivity contribution in [3.05, 3.63) is 56.6 Å². The third-order valence-electron chi connectivity index (χ3n) is 2.25. The maximum Gasteiger partial charge on any atom is 0.254 e. The molecule has 0 fully saturated rings. The van der Waals surface area contributed by atoms with E-state index < -0.39 is 5.91 Å². The van der Waals surface area contributed by atoms with Gasteiger partial charge in [-0.3, -0.25) is 4.79 Å². The largest absolute Gasteiger partial charge is 0.456 e. The Labute approximate surface area is 123 Å². The minimum atomic E-state index is -0.610. The number of ether oxygens (including phenoxy) is 1. The Bertz CT molecular complexity index is 601. The molecule has 0 saturated heterocycles. The molecule has 0 radical (unpaired) electrons. The topological polar surface area (TPSA) is 52.3 Å². The zero-order valence-corrected chi connectivity index (χ0v) is 12.1. The SMILES string of the molecule is NC(=O)c1c(Cl)cccc1Oc1cccc(I)c1. The second kappa shape index (κ2) is 5.58. The summed E-state index contributed by atoms with van der Waals surface area (Å²) in [5.41, 5.74) is 5.49. The molecular formula is C13H9ClINO2. The van der Waals surface area contributed by atoms with Crippen LogP contribution in [-0.4, -0.2) is 5.91 Å². The van der Waals surface area contributed by atoms with Crippen molar-refractivity contribution in [1.29, 1.82) is 0 Å². The van der Waals surface area contributed by atoms with E-state index in [9.17, 15) is 4.79 Å². The van der Waals surface area contributed by atoms with E-state index in [-0.39, 0.29) is 10.6 Å². The fourth-order valence-electron chi connectivity index (χ4n) is 1.49. The van der Waals surface area contributed by atoms with Gasteiger partial charge >= 0.3 is 0 Å². The predicted molar refractivity (Wildman–Crippen MR) is 79.2 cm³/mol. The maximum atomic E-state index is 11.4. The number of carbonyl (C=O) groups excluding carboxylic acids is 1. The molecule has 1 amide bonds. The minimum Gasteiger partial charge on any atom is -0.456 e. The lowest BCUT2D eigenvalue weighted by atomic mass is 10.2. The molecule has 2 aromatic rings. The third-order valence-corrected chi connectivity index (χ3v) is 3.23. The van der Waals surface area contributed by atoms with Gasteiger partial charge in [-0.25, -0.2) is 0 Å². The van der Waals surface area contributed by atoms with Crippen molar-refractivity contribution in [3.63, 3.8) is 0 Å². The van der Waals surface area contributed by atoms with Gasteiger partial charge in [0.2, 0.25) is 0 Å². The highest BCUT2D eigenvalue weighted by Gasteiger charge is 2.14. The van der Waals surface area contributed by atoms with Crippen LogP contribution in [0.2, 0.25) is 5.02 Å². The number of nitrogens with two attached hydrogens (primary N) is 1. The summed E-state index contributed by atoms with van der Waals surface area (Å²) in [7, 11) is 0. The van der Waals surface area contributed by atoms with Crippen molar-refractivity contribution >= 4 is 40.1 Å². The number of hydrogen-bond acceptors (Lipinski definition) is 2. The van der Waals surface area contributed by atoms with Crippen LogP contribution >= 0.6 is 34.2 Å². The van der Waals surface area contributed by atoms with E-state index >= 15 is 0 Å². The van der Waals surface area contributed by atoms with Crippen molar-refractivity contribution in [2.24, 2.45) is 5.73 Å². The highest BCUT2D eigenvalue weighted by Crippen LogP contribution is 2.30. The lowest BCUT2D eigenvalue weighted by molar-refractivity contribution is 0.0998. The summed E-state index contributed by atoms with van der Waals surface area (Å²) in [5, 5.41) is 0.283. The summed E-state index contributed by atoms with van der Waals surface area (Å²) >= 11 is 8.12. The Balaban J connectivity index is 2.40. The van der Waals surface area contributed by atoms with Crippen molar-refractivity contribution in [3.8, 4) is 11.5 Å². The van der Waals surface area contributed by atoms with Gasteiger partial charge in [-0.15, -0.1) is 0 Å². The van der Waals surface area contributed by atoms with Crippen LogP contribution in [-0.2, 0) is 0 Å². The van der Waals surface area contributed by atoms with Gasteiger partial charge in [0.05, 0.1) is 5.02 Å². The van der Waals surface area contributed by atoms with Gasteiger partial charge in [-0.05, 0) is 52.9 Å². The second-order valence-corrected chi connectivity index (χ2v) is 5.19. The van der Waals surface area contributed by atoms with E-state index in [0.717, 1.165) is 3.57 Å². The molecule has 0 saturated carbocycles. The van der Waals surface area contributed by atoms with Gasteiger partial charge in [0.15, 0.2) is 0 Å². The highest BCUT2D eigenvalue weighted by molar-refractivity contribution is 14.1. The maximum absolute atomic E-state index is 11.4. The highest BCUT2D eigenvalue weighted by atomic mass is 127. The Morgan fingerprint density at radius 1 is 1.22 bits per heavy atom. The van der Waals surface area contributed by atoms with Crippen LogP contribution < -0.4 is 10.5 Å². The number of benzene rings is 2. The molecule has 2 rings (SSSR count). The zero-order chi connectivity index (χ0) is 13.1. The number of hydrogen-bond donors (Lipinski definition) is 1. The molecule has 2 N–H and O–H groups in total. The molecule has 3 nitrogen and oxygen atoms in total. The first-order valence-corrected chi connectivity index (χ1v) is 6.55. The monoisotopic (exact) mass is 373 g/mol. The molecule has 2 aromatic carbocycles. The van der Waals surface area contributed by atoms with E-state index in [1.165, 1.54) is 0 Å². The molecule has 0 bridgehead atoms. The quantitative estimate of drug-likeness (QED) is 0.831. The Morgan fingerprint density at radius 3 is 2.61 bits per heavy atom. The van der Waals surface area contributed by atoms with Crippen LogP contribution in [0.25, 0.3) is 0 Å². The molecule has 0 aliphatic rings. The lowest BCUT2D eigenvalue weighted by Gasteiger charge is -2.10. The van der Waals surface area contributed by atoms with Crippen LogP contribution in [0.1, 0.15) is 10.4 Å². The summed E-state index contributed by atoms with van der Waals surface area (Å²) in [6, 6.07) is 12.4. The van der Waals surface area contributed by atoms with E-state index in [0.29, 0.717) is 11.5 Å². The molecule has 0 aliphatic heterocycles. The fraction of sp³-hybridized carbons (Fsp3) is 0. The molecule has 0 unspecified atom stereocenters.